The van der Waals surface area contributed by atoms with Crippen LogP contribution in [0, 0.1) is 12.3 Å². The number of allylic oxidation sites excluding steroid dienone is 2. The normalized spacial score (nSPS) is 11.6. The highest BCUT2D eigenvalue weighted by Gasteiger charge is 2.10. The molecule has 0 unspecified atom stereocenters. The number of rotatable bonds is 7. The van der Waals surface area contributed by atoms with Crippen molar-refractivity contribution in [1.82, 2.24) is 9.97 Å². The van der Waals surface area contributed by atoms with Crippen molar-refractivity contribution >= 4 is 28.1 Å². The quantitative estimate of drug-likeness (QED) is 0.257. The van der Waals surface area contributed by atoms with Crippen LogP contribution in [0.3, 0.4) is 0 Å². The van der Waals surface area contributed by atoms with Crippen LogP contribution in [0.1, 0.15) is 25.2 Å². The maximum Gasteiger partial charge on any atom is 0.141 e. The summed E-state index contributed by atoms with van der Waals surface area (Å²) in [5.74, 6) is 3.61. The van der Waals surface area contributed by atoms with E-state index in [0.29, 0.717) is 23.8 Å². The van der Waals surface area contributed by atoms with Crippen molar-refractivity contribution in [3.05, 3.63) is 78.0 Å². The lowest BCUT2D eigenvalue weighted by molar-refractivity contribution is 0.425. The van der Waals surface area contributed by atoms with Gasteiger partial charge in [0.25, 0.3) is 0 Å². The lowest BCUT2D eigenvalue weighted by Crippen LogP contribution is -1.99. The van der Waals surface area contributed by atoms with E-state index in [0.717, 1.165) is 45.0 Å². The second-order valence-corrected chi connectivity index (χ2v) is 7.57. The van der Waals surface area contributed by atoms with E-state index in [1.54, 1.807) is 19.3 Å². The van der Waals surface area contributed by atoms with Gasteiger partial charge in [-0.25, -0.2) is 9.97 Å². The molecule has 7 heteroatoms. The Hall–Kier alpha value is -3.97. The molecule has 2 aromatic heterocycles. The van der Waals surface area contributed by atoms with Crippen LogP contribution in [0.25, 0.3) is 22.2 Å². The van der Waals surface area contributed by atoms with Crippen LogP contribution in [0.2, 0.25) is 0 Å². The number of fused-ring (bicyclic) bond motifs is 1. The minimum Gasteiger partial charge on any atom is -0.462 e. The highest BCUT2D eigenvalue weighted by atomic mass is 16.5. The molecule has 0 aliphatic carbocycles. The SMILES string of the molecule is CC(=N)/C=C(\C)Oc1ccc(Nc2ncnc3ccc(-c4ccc(CN)o4)cc23)cc1C. The van der Waals surface area contributed by atoms with E-state index in [4.69, 9.17) is 20.3 Å². The van der Waals surface area contributed by atoms with Crippen LogP contribution in [-0.4, -0.2) is 15.7 Å². The zero-order valence-electron chi connectivity index (χ0n) is 18.3. The summed E-state index contributed by atoms with van der Waals surface area (Å²) in [5.41, 5.74) is 9.72. The molecule has 2 aromatic carbocycles. The number of hydrogen-bond donors (Lipinski definition) is 3. The molecule has 0 saturated heterocycles. The molecule has 4 N–H and O–H groups in total. The van der Waals surface area contributed by atoms with Crippen molar-refractivity contribution in [2.75, 3.05) is 5.32 Å². The van der Waals surface area contributed by atoms with Crippen molar-refractivity contribution in [2.45, 2.75) is 27.3 Å². The summed E-state index contributed by atoms with van der Waals surface area (Å²) < 4.78 is 11.6. The maximum atomic E-state index is 7.56. The van der Waals surface area contributed by atoms with Gasteiger partial charge in [0.15, 0.2) is 0 Å². The highest BCUT2D eigenvalue weighted by molar-refractivity contribution is 5.93. The topological polar surface area (TPSA) is 110 Å². The second kappa shape index (κ2) is 9.03. The summed E-state index contributed by atoms with van der Waals surface area (Å²) in [4.78, 5) is 8.84. The number of hydrogen-bond acceptors (Lipinski definition) is 7. The van der Waals surface area contributed by atoms with E-state index in [2.05, 4.69) is 15.3 Å². The molecule has 0 spiro atoms. The standard InChI is InChI=1S/C25H25N5O2/c1-15-10-19(5-8-23(15)31-17(3)11-16(2)27)30-25-21-12-18(4-7-22(21)28-14-29-25)24-9-6-20(13-26)32-24/h4-12,14,27H,13,26H2,1-3H3,(H,28,29,30)/b17-11+,27-16?. The fourth-order valence-corrected chi connectivity index (χ4v) is 3.44. The van der Waals surface area contributed by atoms with Gasteiger partial charge >= 0.3 is 0 Å². The first-order valence-electron chi connectivity index (χ1n) is 10.3. The molecule has 0 radical (unpaired) electrons. The van der Waals surface area contributed by atoms with Crippen LogP contribution in [-0.2, 0) is 6.54 Å². The first kappa shape index (κ1) is 21.3. The summed E-state index contributed by atoms with van der Waals surface area (Å²) >= 11 is 0. The first-order valence-corrected chi connectivity index (χ1v) is 10.3. The lowest BCUT2D eigenvalue weighted by Gasteiger charge is -2.13. The molecular weight excluding hydrogens is 402 g/mol. The highest BCUT2D eigenvalue weighted by Crippen LogP contribution is 2.31. The number of nitrogens with two attached hydrogens (primary N) is 1. The van der Waals surface area contributed by atoms with Gasteiger partial charge in [-0.05, 0) is 80.9 Å². The predicted molar refractivity (Wildman–Crippen MR) is 127 cm³/mol. The Labute approximate surface area is 186 Å². The number of aryl methyl sites for hydroxylation is 1. The van der Waals surface area contributed by atoms with Crippen LogP contribution in [0.5, 0.6) is 5.75 Å². The molecule has 0 aliphatic rings. The molecule has 162 valence electrons. The van der Waals surface area contributed by atoms with Crippen LogP contribution in [0.15, 0.2) is 71.1 Å². The monoisotopic (exact) mass is 427 g/mol. The summed E-state index contributed by atoms with van der Waals surface area (Å²) in [7, 11) is 0. The molecule has 0 bridgehead atoms. The second-order valence-electron chi connectivity index (χ2n) is 7.57. The minimum absolute atomic E-state index is 0.360. The van der Waals surface area contributed by atoms with Gasteiger partial charge in [-0.2, -0.15) is 0 Å². The molecule has 0 fully saturated rings. The number of nitrogens with zero attached hydrogens (tertiary/aromatic N) is 2. The fourth-order valence-electron chi connectivity index (χ4n) is 3.44. The number of aromatic nitrogens is 2. The molecule has 32 heavy (non-hydrogen) atoms. The molecule has 7 nitrogen and oxygen atoms in total. The van der Waals surface area contributed by atoms with Crippen LogP contribution in [0.4, 0.5) is 11.5 Å². The summed E-state index contributed by atoms with van der Waals surface area (Å²) in [6.45, 7) is 5.89. The number of nitrogens with one attached hydrogen (secondary N) is 2. The van der Waals surface area contributed by atoms with Crippen LogP contribution < -0.4 is 15.8 Å². The van der Waals surface area contributed by atoms with Crippen molar-refractivity contribution in [3.63, 3.8) is 0 Å². The third kappa shape index (κ3) is 4.68. The van der Waals surface area contributed by atoms with Gasteiger partial charge in [-0.1, -0.05) is 0 Å². The Kier molecular flexibility index (Phi) is 6.00. The zero-order chi connectivity index (χ0) is 22.7. The predicted octanol–water partition coefficient (Wildman–Crippen LogP) is 5.72. The number of anilines is 2. The van der Waals surface area contributed by atoms with E-state index in [1.807, 2.05) is 62.4 Å². The van der Waals surface area contributed by atoms with Gasteiger partial charge in [0.2, 0.25) is 0 Å². The Bertz CT molecular complexity index is 1320. The van der Waals surface area contributed by atoms with Crippen molar-refractivity contribution in [3.8, 4) is 17.1 Å². The Morgan fingerprint density at radius 1 is 1.12 bits per heavy atom. The number of benzene rings is 2. The van der Waals surface area contributed by atoms with Gasteiger partial charge in [-0.15, -0.1) is 0 Å². The molecule has 2 heterocycles. The van der Waals surface area contributed by atoms with Crippen molar-refractivity contribution < 1.29 is 9.15 Å². The Morgan fingerprint density at radius 2 is 1.97 bits per heavy atom. The fraction of sp³-hybridized carbons (Fsp3) is 0.160. The smallest absolute Gasteiger partial charge is 0.141 e. The third-order valence-corrected chi connectivity index (χ3v) is 4.91. The lowest BCUT2D eigenvalue weighted by atomic mass is 10.1. The van der Waals surface area contributed by atoms with E-state index >= 15 is 0 Å². The molecule has 0 amide bonds. The van der Waals surface area contributed by atoms with E-state index in [-0.39, 0.29) is 0 Å². The number of ether oxygens (including phenoxy) is 1. The average molecular weight is 428 g/mol. The van der Waals surface area contributed by atoms with E-state index < -0.39 is 0 Å². The Morgan fingerprint density at radius 3 is 2.69 bits per heavy atom. The van der Waals surface area contributed by atoms with Gasteiger partial charge in [0, 0.05) is 22.3 Å². The van der Waals surface area contributed by atoms with Gasteiger partial charge in [0.1, 0.15) is 35.2 Å². The summed E-state index contributed by atoms with van der Waals surface area (Å²) in [5, 5.41) is 11.8. The maximum absolute atomic E-state index is 7.56. The summed E-state index contributed by atoms with van der Waals surface area (Å²) in [6, 6.07) is 15.6. The van der Waals surface area contributed by atoms with Crippen LogP contribution >= 0.6 is 0 Å². The molecule has 0 aliphatic heterocycles. The van der Waals surface area contributed by atoms with E-state index in [1.165, 1.54) is 0 Å². The minimum atomic E-state index is 0.360. The molecule has 4 aromatic rings. The molecule has 0 saturated carbocycles. The van der Waals surface area contributed by atoms with Gasteiger partial charge in [0.05, 0.1) is 12.1 Å². The van der Waals surface area contributed by atoms with Crippen molar-refractivity contribution in [2.24, 2.45) is 5.73 Å². The zero-order valence-corrected chi connectivity index (χ0v) is 18.3. The van der Waals surface area contributed by atoms with Gasteiger partial charge < -0.3 is 25.6 Å². The third-order valence-electron chi connectivity index (χ3n) is 4.91. The largest absolute Gasteiger partial charge is 0.462 e. The van der Waals surface area contributed by atoms with E-state index in [9.17, 15) is 0 Å². The first-order chi connectivity index (χ1) is 15.4. The summed E-state index contributed by atoms with van der Waals surface area (Å²) in [6.07, 6.45) is 3.23. The van der Waals surface area contributed by atoms with Gasteiger partial charge in [-0.3, -0.25) is 0 Å². The number of furan rings is 1. The van der Waals surface area contributed by atoms with Crippen molar-refractivity contribution in [1.29, 1.82) is 5.41 Å². The molecule has 4 rings (SSSR count). The molecular formula is C25H25N5O2. The average Bonchev–Trinajstić information content (AvgIpc) is 3.24. The Balaban J connectivity index is 1.63. The molecule has 0 atom stereocenters.